The second kappa shape index (κ2) is 6.45. The first-order valence-corrected chi connectivity index (χ1v) is 9.02. The molecule has 0 amide bonds. The maximum absolute atomic E-state index is 12.5. The number of hydrogen-bond acceptors (Lipinski definition) is 2. The summed E-state index contributed by atoms with van der Waals surface area (Å²) in [5.74, 6) is 0. The van der Waals surface area contributed by atoms with Crippen LogP contribution >= 0.6 is 0 Å². The lowest BCUT2D eigenvalue weighted by atomic mass is 9.87. The van der Waals surface area contributed by atoms with Crippen LogP contribution in [-0.2, 0) is 13.0 Å². The van der Waals surface area contributed by atoms with Crippen LogP contribution in [0.3, 0.4) is 0 Å². The van der Waals surface area contributed by atoms with Gasteiger partial charge in [0.25, 0.3) is 5.56 Å². The molecule has 25 heavy (non-hydrogen) atoms. The Morgan fingerprint density at radius 2 is 2.04 bits per heavy atom. The van der Waals surface area contributed by atoms with Crippen molar-refractivity contribution in [1.82, 2.24) is 9.38 Å². The summed E-state index contributed by atoms with van der Waals surface area (Å²) in [5, 5.41) is 0. The molecule has 0 fully saturated rings. The minimum absolute atomic E-state index is 0.00921. The average Bonchev–Trinajstić information content (AvgIpc) is 2.61. The quantitative estimate of drug-likeness (QED) is 0.797. The van der Waals surface area contributed by atoms with Gasteiger partial charge < -0.3 is 4.90 Å². The first-order valence-electron chi connectivity index (χ1n) is 9.02. The van der Waals surface area contributed by atoms with Crippen molar-refractivity contribution in [2.45, 2.75) is 38.8 Å². The van der Waals surface area contributed by atoms with E-state index < -0.39 is 0 Å². The molecule has 1 N–H and O–H groups in total. The van der Waals surface area contributed by atoms with Crippen LogP contribution in [0.2, 0.25) is 0 Å². The summed E-state index contributed by atoms with van der Waals surface area (Å²) in [7, 11) is 2.21. The minimum Gasteiger partial charge on any atom is -0.326 e. The van der Waals surface area contributed by atoms with Crippen LogP contribution < -0.4 is 10.5 Å². The molecule has 0 saturated carbocycles. The minimum atomic E-state index is 0.00921. The summed E-state index contributed by atoms with van der Waals surface area (Å²) in [4.78, 5) is 18.6. The summed E-state index contributed by atoms with van der Waals surface area (Å²) in [6, 6.07) is 16.7. The van der Waals surface area contributed by atoms with Gasteiger partial charge >= 0.3 is 0 Å². The Labute approximate surface area is 147 Å². The molecular weight excluding hydrogens is 310 g/mol. The van der Waals surface area contributed by atoms with Crippen LogP contribution in [0, 0.1) is 6.92 Å². The zero-order valence-corrected chi connectivity index (χ0v) is 14.8. The van der Waals surface area contributed by atoms with E-state index in [0.29, 0.717) is 6.04 Å². The number of quaternary nitrogens is 1. The summed E-state index contributed by atoms with van der Waals surface area (Å²) < 4.78 is 1.68. The third kappa shape index (κ3) is 2.98. The fourth-order valence-corrected chi connectivity index (χ4v) is 4.13. The molecule has 128 valence electrons. The lowest BCUT2D eigenvalue weighted by Crippen LogP contribution is -3.08. The molecule has 1 unspecified atom stereocenters. The van der Waals surface area contributed by atoms with E-state index in [1.54, 1.807) is 10.5 Å². The molecule has 0 radical (unpaired) electrons. The second-order valence-electron chi connectivity index (χ2n) is 7.11. The maximum Gasteiger partial charge on any atom is 0.258 e. The van der Waals surface area contributed by atoms with Crippen LogP contribution in [0.4, 0.5) is 0 Å². The number of aryl methyl sites for hydroxylation is 2. The van der Waals surface area contributed by atoms with Crippen molar-refractivity contribution in [3.05, 3.63) is 81.4 Å². The number of pyridine rings is 1. The van der Waals surface area contributed by atoms with E-state index in [1.807, 2.05) is 25.1 Å². The Morgan fingerprint density at radius 3 is 2.92 bits per heavy atom. The number of fused-ring (bicyclic) bond motifs is 2. The SMILES string of the molecule is Cc1cccc2nc(C[NH+](C)[C@H]3CCCc4ccccc43)cc(=O)n12. The topological polar surface area (TPSA) is 38.8 Å². The van der Waals surface area contributed by atoms with Crippen molar-refractivity contribution >= 4 is 5.65 Å². The number of aromatic nitrogens is 2. The van der Waals surface area contributed by atoms with Gasteiger partial charge in [0.15, 0.2) is 0 Å². The van der Waals surface area contributed by atoms with E-state index in [1.165, 1.54) is 35.3 Å². The predicted molar refractivity (Wildman–Crippen MR) is 98.9 cm³/mol. The third-order valence-electron chi connectivity index (χ3n) is 5.36. The van der Waals surface area contributed by atoms with Crippen LogP contribution in [-0.4, -0.2) is 16.4 Å². The Balaban J connectivity index is 1.65. The number of benzene rings is 1. The Kier molecular flexibility index (Phi) is 4.14. The Bertz CT molecular complexity index is 976. The predicted octanol–water partition coefficient (Wildman–Crippen LogP) is 2.10. The third-order valence-corrected chi connectivity index (χ3v) is 5.36. The molecule has 4 rings (SSSR count). The van der Waals surface area contributed by atoms with Gasteiger partial charge in [0.05, 0.1) is 7.05 Å². The number of nitrogens with one attached hydrogen (secondary N) is 1. The van der Waals surface area contributed by atoms with Crippen molar-refractivity contribution < 1.29 is 4.90 Å². The molecule has 2 heterocycles. The monoisotopic (exact) mass is 334 g/mol. The number of hydrogen-bond donors (Lipinski definition) is 1. The van der Waals surface area contributed by atoms with Crippen molar-refractivity contribution in [1.29, 1.82) is 0 Å². The van der Waals surface area contributed by atoms with Gasteiger partial charge in [0.2, 0.25) is 0 Å². The highest BCUT2D eigenvalue weighted by Gasteiger charge is 2.27. The molecule has 0 saturated heterocycles. The van der Waals surface area contributed by atoms with Crippen molar-refractivity contribution in [3.63, 3.8) is 0 Å². The van der Waals surface area contributed by atoms with E-state index in [9.17, 15) is 4.79 Å². The maximum atomic E-state index is 12.5. The van der Waals surface area contributed by atoms with E-state index >= 15 is 0 Å². The zero-order valence-electron chi connectivity index (χ0n) is 14.8. The van der Waals surface area contributed by atoms with Gasteiger partial charge in [0, 0.05) is 23.7 Å². The van der Waals surface area contributed by atoms with E-state index in [2.05, 4.69) is 31.3 Å². The lowest BCUT2D eigenvalue weighted by molar-refractivity contribution is -0.927. The molecule has 0 spiro atoms. The molecule has 4 nitrogen and oxygen atoms in total. The van der Waals surface area contributed by atoms with Crippen LogP contribution in [0.15, 0.2) is 53.3 Å². The molecule has 1 aromatic carbocycles. The van der Waals surface area contributed by atoms with Crippen molar-refractivity contribution in [2.75, 3.05) is 7.05 Å². The molecular formula is C21H24N3O+. The summed E-state index contributed by atoms with van der Waals surface area (Å²) in [6.45, 7) is 2.70. The Morgan fingerprint density at radius 1 is 1.20 bits per heavy atom. The van der Waals surface area contributed by atoms with Crippen LogP contribution in [0.25, 0.3) is 5.65 Å². The summed E-state index contributed by atoms with van der Waals surface area (Å²) >= 11 is 0. The van der Waals surface area contributed by atoms with Gasteiger partial charge in [0.1, 0.15) is 23.9 Å². The van der Waals surface area contributed by atoms with Crippen LogP contribution in [0.1, 0.15) is 41.4 Å². The highest BCUT2D eigenvalue weighted by atomic mass is 16.1. The van der Waals surface area contributed by atoms with E-state index in [0.717, 1.165) is 23.6 Å². The number of nitrogens with zero attached hydrogens (tertiary/aromatic N) is 2. The van der Waals surface area contributed by atoms with Crippen molar-refractivity contribution in [2.24, 2.45) is 0 Å². The van der Waals surface area contributed by atoms with Gasteiger partial charge in [-0.2, -0.15) is 0 Å². The smallest absolute Gasteiger partial charge is 0.258 e. The molecule has 0 aliphatic heterocycles. The van der Waals surface area contributed by atoms with E-state index in [-0.39, 0.29) is 5.56 Å². The molecule has 3 aromatic rings. The Hall–Kier alpha value is -2.46. The first-order chi connectivity index (χ1) is 12.1. The lowest BCUT2D eigenvalue weighted by Gasteiger charge is -2.30. The summed E-state index contributed by atoms with van der Waals surface area (Å²) in [6.07, 6.45) is 3.59. The highest BCUT2D eigenvalue weighted by Crippen LogP contribution is 2.27. The summed E-state index contributed by atoms with van der Waals surface area (Å²) in [5.41, 5.74) is 5.47. The van der Waals surface area contributed by atoms with E-state index in [4.69, 9.17) is 4.98 Å². The normalized spacial score (nSPS) is 18.1. The molecule has 0 bridgehead atoms. The average molecular weight is 334 g/mol. The molecule has 1 aliphatic carbocycles. The van der Waals surface area contributed by atoms with Gasteiger partial charge in [-0.15, -0.1) is 0 Å². The fraction of sp³-hybridized carbons (Fsp3) is 0.333. The fourth-order valence-electron chi connectivity index (χ4n) is 4.13. The largest absolute Gasteiger partial charge is 0.326 e. The zero-order chi connectivity index (χ0) is 17.4. The van der Waals surface area contributed by atoms with Gasteiger partial charge in [-0.25, -0.2) is 4.98 Å². The molecule has 1 aliphatic rings. The highest BCUT2D eigenvalue weighted by molar-refractivity contribution is 5.40. The van der Waals surface area contributed by atoms with Crippen molar-refractivity contribution in [3.8, 4) is 0 Å². The molecule has 2 atom stereocenters. The number of rotatable bonds is 3. The first kappa shape index (κ1) is 16.0. The van der Waals surface area contributed by atoms with Gasteiger partial charge in [-0.05, 0) is 37.5 Å². The van der Waals surface area contributed by atoms with Gasteiger partial charge in [-0.3, -0.25) is 9.20 Å². The second-order valence-corrected chi connectivity index (χ2v) is 7.11. The van der Waals surface area contributed by atoms with Gasteiger partial charge in [-0.1, -0.05) is 30.3 Å². The van der Waals surface area contributed by atoms with Crippen LogP contribution in [0.5, 0.6) is 0 Å². The standard InChI is InChI=1S/C21H23N3O/c1-15-7-5-12-20-22-17(13-21(25)24(15)20)14-23(2)19-11-6-9-16-8-3-4-10-18(16)19/h3-5,7-8,10,12-13,19H,6,9,11,14H2,1-2H3/p+1/t19-/m0/s1. The molecule has 2 aromatic heterocycles. The molecule has 4 heteroatoms.